The number of nitrogens with one attached hydrogen (secondary N) is 2. The Balaban J connectivity index is 1.49. The van der Waals surface area contributed by atoms with Crippen molar-refractivity contribution in [2.24, 2.45) is 5.92 Å². The van der Waals surface area contributed by atoms with Crippen LogP contribution >= 0.6 is 0 Å². The Morgan fingerprint density at radius 2 is 2.15 bits per heavy atom. The van der Waals surface area contributed by atoms with Gasteiger partial charge in [-0.05, 0) is 37.5 Å². The van der Waals surface area contributed by atoms with Crippen molar-refractivity contribution in [2.75, 3.05) is 18.4 Å². The molecule has 3 aromatic rings. The summed E-state index contributed by atoms with van der Waals surface area (Å²) < 4.78 is 0. The van der Waals surface area contributed by atoms with Gasteiger partial charge in [-0.1, -0.05) is 18.2 Å². The maximum atomic E-state index is 13.0. The van der Waals surface area contributed by atoms with Crippen LogP contribution in [0, 0.1) is 12.8 Å². The van der Waals surface area contributed by atoms with E-state index in [0.29, 0.717) is 24.5 Å². The zero-order valence-corrected chi connectivity index (χ0v) is 15.1. The molecule has 7 heteroatoms. The number of hydrogen-bond acceptors (Lipinski definition) is 4. The van der Waals surface area contributed by atoms with E-state index in [9.17, 15) is 9.59 Å². The summed E-state index contributed by atoms with van der Waals surface area (Å²) in [7, 11) is 0. The number of carbonyl (C=O) groups is 2. The molecule has 27 heavy (non-hydrogen) atoms. The summed E-state index contributed by atoms with van der Waals surface area (Å²) in [5, 5.41) is 10.7. The number of nitrogens with zero attached hydrogens (tertiary/aromatic N) is 3. The first-order valence-corrected chi connectivity index (χ1v) is 9.07. The van der Waals surface area contributed by atoms with Crippen molar-refractivity contribution in [3.63, 3.8) is 0 Å². The maximum Gasteiger partial charge on any atom is 0.256 e. The van der Waals surface area contributed by atoms with Crippen molar-refractivity contribution in [1.29, 1.82) is 0 Å². The number of hydrogen-bond donors (Lipinski definition) is 2. The van der Waals surface area contributed by atoms with E-state index in [1.54, 1.807) is 23.4 Å². The number of H-pyrrole nitrogens is 1. The Hall–Kier alpha value is -3.22. The summed E-state index contributed by atoms with van der Waals surface area (Å²) in [6, 6.07) is 9.30. The summed E-state index contributed by atoms with van der Waals surface area (Å²) in [6.07, 6.45) is 4.91. The predicted octanol–water partition coefficient (Wildman–Crippen LogP) is 2.76. The number of carbonyl (C=O) groups excluding carboxylic acids is 2. The molecule has 2 aromatic heterocycles. The number of rotatable bonds is 3. The first-order chi connectivity index (χ1) is 13.1. The van der Waals surface area contributed by atoms with Gasteiger partial charge in [-0.15, -0.1) is 0 Å². The molecular weight excluding hydrogens is 342 g/mol. The highest BCUT2D eigenvalue weighted by Crippen LogP contribution is 2.23. The van der Waals surface area contributed by atoms with Crippen LogP contribution in [0.3, 0.4) is 0 Å². The van der Waals surface area contributed by atoms with Crippen molar-refractivity contribution in [2.45, 2.75) is 19.8 Å². The van der Waals surface area contributed by atoms with Gasteiger partial charge in [0.2, 0.25) is 5.91 Å². The summed E-state index contributed by atoms with van der Waals surface area (Å²) in [4.78, 5) is 31.7. The Morgan fingerprint density at radius 3 is 3.00 bits per heavy atom. The normalized spacial score (nSPS) is 17.1. The predicted molar refractivity (Wildman–Crippen MR) is 102 cm³/mol. The molecule has 0 saturated carbocycles. The number of para-hydroxylation sites is 1. The van der Waals surface area contributed by atoms with Crippen molar-refractivity contribution in [3.8, 4) is 0 Å². The van der Waals surface area contributed by atoms with Crippen LogP contribution in [0.4, 0.5) is 5.82 Å². The second kappa shape index (κ2) is 7.19. The summed E-state index contributed by atoms with van der Waals surface area (Å²) in [5.41, 5.74) is 2.24. The number of piperidine rings is 1. The molecule has 1 saturated heterocycles. The number of anilines is 1. The van der Waals surface area contributed by atoms with Gasteiger partial charge in [-0.2, -0.15) is 5.10 Å². The fourth-order valence-electron chi connectivity index (χ4n) is 3.53. The van der Waals surface area contributed by atoms with Gasteiger partial charge in [0, 0.05) is 24.7 Å². The zero-order chi connectivity index (χ0) is 18.8. The maximum absolute atomic E-state index is 13.0. The summed E-state index contributed by atoms with van der Waals surface area (Å²) >= 11 is 0. The van der Waals surface area contributed by atoms with Gasteiger partial charge in [0.15, 0.2) is 0 Å². The van der Waals surface area contributed by atoms with Crippen molar-refractivity contribution in [3.05, 3.63) is 53.9 Å². The van der Waals surface area contributed by atoms with Crippen molar-refractivity contribution in [1.82, 2.24) is 20.1 Å². The van der Waals surface area contributed by atoms with Crippen LogP contribution in [-0.4, -0.2) is 45.0 Å². The quantitative estimate of drug-likeness (QED) is 0.749. The molecule has 138 valence electrons. The summed E-state index contributed by atoms with van der Waals surface area (Å²) in [5.74, 6) is 0.170. The fourth-order valence-corrected chi connectivity index (χ4v) is 3.53. The molecule has 3 heterocycles. The number of pyridine rings is 1. The standard InChI is InChI=1S/C20H21N5O2/c1-13-5-3-9-21-18(13)23-19(26)15-7-4-10-25(12-15)20(27)16-8-2-6-14-11-22-24-17(14)16/h2-3,5-6,8-9,11,15H,4,7,10,12H2,1H3,(H,22,24)(H,21,23,26)/t15-/m1/s1. The second-order valence-electron chi connectivity index (χ2n) is 6.89. The van der Waals surface area contributed by atoms with E-state index < -0.39 is 0 Å². The molecule has 0 bridgehead atoms. The Bertz CT molecular complexity index is 997. The minimum atomic E-state index is -0.245. The smallest absolute Gasteiger partial charge is 0.256 e. The highest BCUT2D eigenvalue weighted by molar-refractivity contribution is 6.05. The van der Waals surface area contributed by atoms with Crippen molar-refractivity contribution >= 4 is 28.5 Å². The topological polar surface area (TPSA) is 91.0 Å². The van der Waals surface area contributed by atoms with Crippen LogP contribution in [0.25, 0.3) is 10.9 Å². The highest BCUT2D eigenvalue weighted by Gasteiger charge is 2.30. The zero-order valence-electron chi connectivity index (χ0n) is 15.1. The van der Waals surface area contributed by atoms with Crippen LogP contribution < -0.4 is 5.32 Å². The lowest BCUT2D eigenvalue weighted by molar-refractivity contribution is -0.121. The molecule has 0 aliphatic carbocycles. The van der Waals surface area contributed by atoms with E-state index in [2.05, 4.69) is 20.5 Å². The lowest BCUT2D eigenvalue weighted by Gasteiger charge is -2.32. The second-order valence-corrected chi connectivity index (χ2v) is 6.89. The molecule has 2 amide bonds. The molecule has 1 fully saturated rings. The summed E-state index contributed by atoms with van der Waals surface area (Å²) in [6.45, 7) is 2.96. The van der Waals surface area contributed by atoms with E-state index in [4.69, 9.17) is 0 Å². The highest BCUT2D eigenvalue weighted by atomic mass is 16.2. The number of amides is 2. The van der Waals surface area contributed by atoms with Crippen molar-refractivity contribution < 1.29 is 9.59 Å². The van der Waals surface area contributed by atoms with Crippen LogP contribution in [0.2, 0.25) is 0 Å². The lowest BCUT2D eigenvalue weighted by Crippen LogP contribution is -2.44. The molecule has 0 spiro atoms. The van der Waals surface area contributed by atoms with Gasteiger partial charge in [-0.25, -0.2) is 4.98 Å². The average Bonchev–Trinajstić information content (AvgIpc) is 3.18. The number of aryl methyl sites for hydroxylation is 1. The first-order valence-electron chi connectivity index (χ1n) is 9.07. The first kappa shape index (κ1) is 17.2. The van der Waals surface area contributed by atoms with Gasteiger partial charge >= 0.3 is 0 Å². The van der Waals surface area contributed by atoms with Gasteiger partial charge in [0.25, 0.3) is 5.91 Å². The van der Waals surface area contributed by atoms with E-state index in [-0.39, 0.29) is 17.7 Å². The SMILES string of the molecule is Cc1cccnc1NC(=O)[C@@H]1CCCN(C(=O)c2cccc3cn[nH]c23)C1. The number of aromatic amines is 1. The Morgan fingerprint density at radius 1 is 1.26 bits per heavy atom. The molecule has 0 radical (unpaired) electrons. The molecule has 1 atom stereocenters. The Labute approximate surface area is 156 Å². The molecule has 2 N–H and O–H groups in total. The number of likely N-dealkylation sites (tertiary alicyclic amines) is 1. The van der Waals surface area contributed by atoms with Crippen LogP contribution in [0.1, 0.15) is 28.8 Å². The molecule has 1 aliphatic heterocycles. The molecule has 4 rings (SSSR count). The van der Waals surface area contributed by atoms with Gasteiger partial charge in [0.1, 0.15) is 5.82 Å². The van der Waals surface area contributed by atoms with Crippen LogP contribution in [0.15, 0.2) is 42.7 Å². The number of benzene rings is 1. The van der Waals surface area contributed by atoms with Gasteiger partial charge in [0.05, 0.1) is 23.2 Å². The number of aromatic nitrogens is 3. The van der Waals surface area contributed by atoms with Gasteiger partial charge in [-0.3, -0.25) is 14.7 Å². The minimum absolute atomic E-state index is 0.0728. The molecule has 1 aliphatic rings. The van der Waals surface area contributed by atoms with E-state index >= 15 is 0 Å². The Kier molecular flexibility index (Phi) is 4.58. The van der Waals surface area contributed by atoms with E-state index in [0.717, 1.165) is 29.3 Å². The molecule has 0 unspecified atom stereocenters. The number of fused-ring (bicyclic) bond motifs is 1. The third-order valence-corrected chi connectivity index (χ3v) is 5.04. The average molecular weight is 363 g/mol. The monoisotopic (exact) mass is 363 g/mol. The third-order valence-electron chi connectivity index (χ3n) is 5.04. The largest absolute Gasteiger partial charge is 0.338 e. The van der Waals surface area contributed by atoms with Gasteiger partial charge < -0.3 is 10.2 Å². The van der Waals surface area contributed by atoms with E-state index in [1.807, 2.05) is 31.2 Å². The fraction of sp³-hybridized carbons (Fsp3) is 0.300. The van der Waals surface area contributed by atoms with Crippen LogP contribution in [-0.2, 0) is 4.79 Å². The van der Waals surface area contributed by atoms with Crippen LogP contribution in [0.5, 0.6) is 0 Å². The minimum Gasteiger partial charge on any atom is -0.338 e. The third kappa shape index (κ3) is 3.40. The molecule has 1 aromatic carbocycles. The lowest BCUT2D eigenvalue weighted by atomic mass is 9.96. The molecular formula is C20H21N5O2. The van der Waals surface area contributed by atoms with E-state index in [1.165, 1.54) is 0 Å². The molecule has 7 nitrogen and oxygen atoms in total.